The maximum Gasteiger partial charge on any atom is 0.234 e. The second-order valence-electron chi connectivity index (χ2n) is 6.82. The number of phenolic OH excluding ortho intramolecular Hbond substituents is 1. The maximum atomic E-state index is 12.4. The van der Waals surface area contributed by atoms with Crippen LogP contribution in [0.1, 0.15) is 18.4 Å². The lowest BCUT2D eigenvalue weighted by Crippen LogP contribution is -2.43. The van der Waals surface area contributed by atoms with Crippen LogP contribution in [-0.4, -0.2) is 41.5 Å². The molecule has 2 aromatic rings. The number of rotatable bonds is 6. The fourth-order valence-corrected chi connectivity index (χ4v) is 3.22. The first kappa shape index (κ1) is 18.9. The number of benzene rings is 2. The molecule has 0 aliphatic carbocycles. The Labute approximate surface area is 159 Å². The van der Waals surface area contributed by atoms with Crippen molar-refractivity contribution in [3.8, 4) is 5.75 Å². The lowest BCUT2D eigenvalue weighted by molar-refractivity contribution is -0.123. The molecule has 2 amide bonds. The van der Waals surface area contributed by atoms with Crippen LogP contribution in [0.5, 0.6) is 5.75 Å². The summed E-state index contributed by atoms with van der Waals surface area (Å²) in [5.74, 6) is -0.118. The summed E-state index contributed by atoms with van der Waals surface area (Å²) in [7, 11) is 0. The number of nitrogens with zero attached hydrogens (tertiary/aromatic N) is 1. The van der Waals surface area contributed by atoms with Crippen molar-refractivity contribution in [1.29, 1.82) is 0 Å². The number of aromatic hydroxyl groups is 1. The van der Waals surface area contributed by atoms with Gasteiger partial charge in [0, 0.05) is 12.5 Å². The Morgan fingerprint density at radius 2 is 1.67 bits per heavy atom. The molecule has 1 aliphatic rings. The highest BCUT2D eigenvalue weighted by Gasteiger charge is 2.26. The number of anilines is 1. The van der Waals surface area contributed by atoms with Gasteiger partial charge in [-0.25, -0.2) is 0 Å². The van der Waals surface area contributed by atoms with E-state index in [1.165, 1.54) is 0 Å². The van der Waals surface area contributed by atoms with E-state index in [1.807, 2.05) is 30.3 Å². The van der Waals surface area contributed by atoms with Crippen molar-refractivity contribution < 1.29 is 14.7 Å². The number of piperidine rings is 1. The van der Waals surface area contributed by atoms with Crippen LogP contribution < -0.4 is 10.6 Å². The molecule has 0 atom stereocenters. The van der Waals surface area contributed by atoms with Gasteiger partial charge in [-0.1, -0.05) is 42.5 Å². The largest absolute Gasteiger partial charge is 0.506 e. The molecule has 142 valence electrons. The summed E-state index contributed by atoms with van der Waals surface area (Å²) in [6, 6.07) is 16.5. The van der Waals surface area contributed by atoms with E-state index in [0.717, 1.165) is 5.56 Å². The summed E-state index contributed by atoms with van der Waals surface area (Å²) in [5.41, 5.74) is 1.51. The molecule has 0 aromatic heterocycles. The molecule has 1 saturated heterocycles. The number of hydrogen-bond donors (Lipinski definition) is 3. The number of carbonyl (C=O) groups is 2. The molecule has 0 radical (unpaired) electrons. The van der Waals surface area contributed by atoms with Crippen molar-refractivity contribution in [2.45, 2.75) is 19.4 Å². The SMILES string of the molecule is O=C(CN1CCC(C(=O)Nc2ccccc2O)CC1)NCc1ccccc1. The minimum Gasteiger partial charge on any atom is -0.506 e. The van der Waals surface area contributed by atoms with Crippen LogP contribution in [0, 0.1) is 5.92 Å². The lowest BCUT2D eigenvalue weighted by atomic mass is 9.95. The van der Waals surface area contributed by atoms with Crippen LogP contribution >= 0.6 is 0 Å². The molecule has 3 N–H and O–H groups in total. The van der Waals surface area contributed by atoms with Crippen LogP contribution in [0.15, 0.2) is 54.6 Å². The third-order valence-electron chi connectivity index (χ3n) is 4.82. The first-order chi connectivity index (χ1) is 13.1. The Bertz CT molecular complexity index is 771. The number of likely N-dealkylation sites (tertiary alicyclic amines) is 1. The van der Waals surface area contributed by atoms with Crippen LogP contribution in [-0.2, 0) is 16.1 Å². The Balaban J connectivity index is 1.40. The summed E-state index contributed by atoms with van der Waals surface area (Å²) in [5, 5.41) is 15.5. The number of phenols is 1. The summed E-state index contributed by atoms with van der Waals surface area (Å²) in [4.78, 5) is 26.6. The smallest absolute Gasteiger partial charge is 0.234 e. The summed E-state index contributed by atoms with van der Waals surface area (Å²) in [6.45, 7) is 2.29. The van der Waals surface area contributed by atoms with Crippen molar-refractivity contribution in [2.75, 3.05) is 25.0 Å². The minimum atomic E-state index is -0.103. The lowest BCUT2D eigenvalue weighted by Gasteiger charge is -2.30. The van der Waals surface area contributed by atoms with Gasteiger partial charge in [-0.2, -0.15) is 0 Å². The molecule has 1 fully saturated rings. The Morgan fingerprint density at radius 3 is 2.37 bits per heavy atom. The van der Waals surface area contributed by atoms with Gasteiger partial charge in [0.2, 0.25) is 11.8 Å². The molecule has 1 heterocycles. The molecule has 0 unspecified atom stereocenters. The predicted molar refractivity (Wildman–Crippen MR) is 104 cm³/mol. The summed E-state index contributed by atoms with van der Waals surface area (Å²) < 4.78 is 0. The van der Waals surface area contributed by atoms with Gasteiger partial charge in [-0.3, -0.25) is 14.5 Å². The first-order valence-corrected chi connectivity index (χ1v) is 9.23. The Hall–Kier alpha value is -2.86. The highest BCUT2D eigenvalue weighted by atomic mass is 16.3. The van der Waals surface area contributed by atoms with E-state index >= 15 is 0 Å². The fraction of sp³-hybridized carbons (Fsp3) is 0.333. The molecular weight excluding hydrogens is 342 g/mol. The average Bonchev–Trinajstić information content (AvgIpc) is 2.69. The van der Waals surface area contributed by atoms with Gasteiger partial charge in [0.25, 0.3) is 0 Å². The van der Waals surface area contributed by atoms with E-state index in [9.17, 15) is 14.7 Å². The highest BCUT2D eigenvalue weighted by molar-refractivity contribution is 5.93. The molecule has 3 rings (SSSR count). The van der Waals surface area contributed by atoms with E-state index in [1.54, 1.807) is 24.3 Å². The number of nitrogens with one attached hydrogen (secondary N) is 2. The van der Waals surface area contributed by atoms with Gasteiger partial charge < -0.3 is 15.7 Å². The van der Waals surface area contributed by atoms with Gasteiger partial charge >= 0.3 is 0 Å². The van der Waals surface area contributed by atoms with Crippen molar-refractivity contribution in [2.24, 2.45) is 5.92 Å². The number of para-hydroxylation sites is 2. The predicted octanol–water partition coefficient (Wildman–Crippen LogP) is 2.36. The van der Waals surface area contributed by atoms with Gasteiger partial charge in [-0.05, 0) is 43.6 Å². The van der Waals surface area contributed by atoms with Crippen molar-refractivity contribution in [3.63, 3.8) is 0 Å². The molecule has 6 heteroatoms. The molecule has 0 saturated carbocycles. The average molecular weight is 367 g/mol. The zero-order valence-corrected chi connectivity index (χ0v) is 15.2. The second kappa shape index (κ2) is 9.19. The van der Waals surface area contributed by atoms with Gasteiger partial charge in [0.05, 0.1) is 12.2 Å². The van der Waals surface area contributed by atoms with Gasteiger partial charge in [0.1, 0.15) is 5.75 Å². The second-order valence-corrected chi connectivity index (χ2v) is 6.82. The normalized spacial score (nSPS) is 15.3. The molecule has 1 aliphatic heterocycles. The highest BCUT2D eigenvalue weighted by Crippen LogP contribution is 2.24. The van der Waals surface area contributed by atoms with Gasteiger partial charge in [0.15, 0.2) is 0 Å². The molecule has 2 aromatic carbocycles. The van der Waals surface area contributed by atoms with E-state index in [0.29, 0.717) is 44.7 Å². The van der Waals surface area contributed by atoms with E-state index < -0.39 is 0 Å². The molecule has 6 nitrogen and oxygen atoms in total. The van der Waals surface area contributed by atoms with E-state index in [2.05, 4.69) is 15.5 Å². The number of amides is 2. The molecular formula is C21H25N3O3. The molecule has 0 spiro atoms. The molecule has 0 bridgehead atoms. The quantitative estimate of drug-likeness (QED) is 0.685. The van der Waals surface area contributed by atoms with E-state index in [-0.39, 0.29) is 23.5 Å². The monoisotopic (exact) mass is 367 g/mol. The van der Waals surface area contributed by atoms with E-state index in [4.69, 9.17) is 0 Å². The summed E-state index contributed by atoms with van der Waals surface area (Å²) in [6.07, 6.45) is 1.40. The zero-order valence-electron chi connectivity index (χ0n) is 15.2. The van der Waals surface area contributed by atoms with Crippen LogP contribution in [0.25, 0.3) is 0 Å². The maximum absolute atomic E-state index is 12.4. The first-order valence-electron chi connectivity index (χ1n) is 9.23. The minimum absolute atomic E-state index is 0.00374. The third-order valence-corrected chi connectivity index (χ3v) is 4.82. The molecule has 27 heavy (non-hydrogen) atoms. The van der Waals surface area contributed by atoms with Gasteiger partial charge in [-0.15, -0.1) is 0 Å². The fourth-order valence-electron chi connectivity index (χ4n) is 3.22. The number of hydrogen-bond acceptors (Lipinski definition) is 4. The van der Waals surface area contributed by atoms with Crippen LogP contribution in [0.3, 0.4) is 0 Å². The zero-order chi connectivity index (χ0) is 19.1. The topological polar surface area (TPSA) is 81.7 Å². The Morgan fingerprint density at radius 1 is 1.00 bits per heavy atom. The van der Waals surface area contributed by atoms with Crippen LogP contribution in [0.2, 0.25) is 0 Å². The Kier molecular flexibility index (Phi) is 6.44. The van der Waals surface area contributed by atoms with Crippen molar-refractivity contribution in [1.82, 2.24) is 10.2 Å². The third kappa shape index (κ3) is 5.56. The van der Waals surface area contributed by atoms with Crippen molar-refractivity contribution >= 4 is 17.5 Å². The van der Waals surface area contributed by atoms with Crippen LogP contribution in [0.4, 0.5) is 5.69 Å². The van der Waals surface area contributed by atoms with Crippen molar-refractivity contribution in [3.05, 3.63) is 60.2 Å². The number of carbonyl (C=O) groups excluding carboxylic acids is 2. The standard InChI is InChI=1S/C21H25N3O3/c25-19-9-5-4-8-18(19)23-21(27)17-10-12-24(13-11-17)15-20(26)22-14-16-6-2-1-3-7-16/h1-9,17,25H,10-15H2,(H,22,26)(H,23,27). The summed E-state index contributed by atoms with van der Waals surface area (Å²) >= 11 is 0.